The minimum absolute atomic E-state index is 0.282. The predicted octanol–water partition coefficient (Wildman–Crippen LogP) is 0.560. The van der Waals surface area contributed by atoms with Crippen LogP contribution in [0, 0.1) is 6.92 Å². The lowest BCUT2D eigenvalue weighted by atomic mass is 10.2. The van der Waals surface area contributed by atoms with Crippen molar-refractivity contribution in [1.29, 1.82) is 0 Å². The quantitative estimate of drug-likeness (QED) is 0.789. The minimum atomic E-state index is 0.282. The first-order valence-electron chi connectivity index (χ1n) is 7.04. The van der Waals surface area contributed by atoms with E-state index in [4.69, 9.17) is 4.74 Å². The topological polar surface area (TPSA) is 46.1 Å². The van der Waals surface area contributed by atoms with Gasteiger partial charge in [-0.3, -0.25) is 4.79 Å². The Balaban J connectivity index is 1.68. The highest BCUT2D eigenvalue weighted by Gasteiger charge is 2.17. The Morgan fingerprint density at radius 2 is 2.05 bits per heavy atom. The molecule has 1 aromatic rings. The highest BCUT2D eigenvalue weighted by Crippen LogP contribution is 2.11. The molecule has 1 fully saturated rings. The van der Waals surface area contributed by atoms with Crippen LogP contribution in [0.5, 0.6) is 5.75 Å². The fourth-order valence-corrected chi connectivity index (χ4v) is 2.22. The zero-order chi connectivity index (χ0) is 13.5. The molecule has 1 aliphatic rings. The molecule has 0 radical (unpaired) electrons. The number of ether oxygens (including phenoxy) is 1. The van der Waals surface area contributed by atoms with E-state index in [-0.39, 0.29) is 5.91 Å². The van der Waals surface area contributed by atoms with Gasteiger partial charge in [-0.1, -0.05) is 17.7 Å². The maximum atomic E-state index is 11.8. The van der Waals surface area contributed by atoms with Crippen LogP contribution in [-0.4, -0.2) is 43.6 Å². The summed E-state index contributed by atoms with van der Waals surface area (Å²) in [4.78, 5) is 13.7. The van der Waals surface area contributed by atoms with Crippen LogP contribution in [-0.2, 0) is 4.79 Å². The van der Waals surface area contributed by atoms with Gasteiger partial charge in [-0.05, 0) is 25.5 Å². The van der Waals surface area contributed by atoms with Crippen LogP contribution < -0.4 is 10.1 Å². The van der Waals surface area contributed by atoms with Crippen molar-refractivity contribution in [3.05, 3.63) is 29.8 Å². The van der Waals surface area contributed by atoms with Gasteiger partial charge < -0.3 is 15.0 Å². The van der Waals surface area contributed by atoms with Crippen LogP contribution in [0.15, 0.2) is 24.3 Å². The Hall–Kier alpha value is -1.55. The van der Waals surface area contributed by atoms with Crippen molar-refractivity contribution in [3.8, 4) is 5.75 Å². The summed E-state index contributed by atoms with van der Waals surface area (Å²) >= 11 is 0. The summed E-state index contributed by atoms with van der Waals surface area (Å²) in [6.07, 6.45) is 1.55. The summed E-state index contributed by atoms with van der Waals surface area (Å²) < 4.78 is 5.67. The molecule has 1 amide bonds. The van der Waals surface area contributed by atoms with Gasteiger partial charge in [-0.15, -0.1) is 0 Å². The first-order chi connectivity index (χ1) is 9.25. The van der Waals surface area contributed by atoms with Gasteiger partial charge in [0.1, 0.15) is 5.75 Å². The van der Waals surface area contributed by atoms with E-state index in [1.165, 1.54) is 5.56 Å². The molecule has 4 heteroatoms. The third-order valence-corrected chi connectivity index (χ3v) is 3.38. The van der Waals surface area contributed by atoms with E-state index >= 15 is 0 Å². The summed E-state index contributed by atoms with van der Waals surface area (Å²) in [6, 6.07) is 8.07. The van der Waals surface area contributed by atoms with E-state index in [9.17, 15) is 4.79 Å². The van der Waals surface area contributed by atoms with Gasteiger partial charge >= 0.3 is 0 Å². The summed E-state index contributed by atoms with van der Waals surface area (Å²) in [5.74, 6) is 1.19. The molecule has 0 bridgehead atoms. The van der Waals surface area contributed by atoms with E-state index in [0.29, 0.717) is 13.0 Å². The maximum Gasteiger partial charge on any atom is 0.228 e. The number of hydrogen-bond donors (Lipinski definition) is 1. The van der Waals surface area contributed by atoms with E-state index in [2.05, 4.69) is 12.2 Å². The monoisotopic (exact) mass is 263 g/mol. The molecule has 4 nitrogen and oxygen atoms in total. The summed E-state index contributed by atoms with van der Waals surface area (Å²) in [5.41, 5.74) is 1.23. The molecule has 0 atom stereocenters. The number of nitrogens with zero attached hydrogens (tertiary/aromatic N) is 1. The molecule has 0 spiro atoms. The minimum Gasteiger partial charge on any atom is -0.494 e. The molecule has 1 saturated heterocycles. The number of carbonyl (C=O) groups is 1. The Morgan fingerprint density at radius 1 is 1.26 bits per heavy atom. The van der Waals surface area contributed by atoms with Crippen LogP contribution in [0.2, 0.25) is 0 Å². The van der Waals surface area contributed by atoms with Crippen molar-refractivity contribution in [2.24, 2.45) is 0 Å². The zero-order valence-electron chi connectivity index (χ0n) is 11.6. The number of quaternary nitrogens is 1. The number of aryl methyl sites for hydroxylation is 1. The molecule has 19 heavy (non-hydrogen) atoms. The molecule has 0 unspecified atom stereocenters. The van der Waals surface area contributed by atoms with E-state index in [1.54, 1.807) is 0 Å². The number of benzene rings is 1. The van der Waals surface area contributed by atoms with Gasteiger partial charge in [-0.2, -0.15) is 0 Å². The highest BCUT2D eigenvalue weighted by atomic mass is 16.5. The molecular formula is C15H23N2O2+. The Morgan fingerprint density at radius 3 is 2.84 bits per heavy atom. The van der Waals surface area contributed by atoms with E-state index < -0.39 is 0 Å². The zero-order valence-corrected chi connectivity index (χ0v) is 11.6. The molecule has 1 aliphatic heterocycles. The summed E-state index contributed by atoms with van der Waals surface area (Å²) in [7, 11) is 0. The number of amides is 1. The highest BCUT2D eigenvalue weighted by molar-refractivity contribution is 5.76. The standard InChI is InChI=1S/C15H22N2O2/c1-13-3-5-14(6-4-13)19-12-2-10-17-11-9-16-8-7-15(17)18/h3-6,16H,2,7-12H2,1H3/p+1. The molecule has 1 aromatic carbocycles. The lowest BCUT2D eigenvalue weighted by Crippen LogP contribution is -2.84. The molecule has 2 N–H and O–H groups in total. The largest absolute Gasteiger partial charge is 0.494 e. The van der Waals surface area contributed by atoms with Crippen LogP contribution in [0.4, 0.5) is 0 Å². The normalized spacial score (nSPS) is 16.3. The second-order valence-corrected chi connectivity index (χ2v) is 5.01. The van der Waals surface area contributed by atoms with Crippen LogP contribution in [0.3, 0.4) is 0 Å². The molecule has 1 heterocycles. The smallest absolute Gasteiger partial charge is 0.228 e. The lowest BCUT2D eigenvalue weighted by Gasteiger charge is -2.19. The van der Waals surface area contributed by atoms with Crippen molar-refractivity contribution in [2.75, 3.05) is 32.8 Å². The number of carbonyl (C=O) groups excluding carboxylic acids is 1. The number of rotatable bonds is 5. The number of hydrogen-bond acceptors (Lipinski definition) is 2. The van der Waals surface area contributed by atoms with Crippen LogP contribution in [0.25, 0.3) is 0 Å². The lowest BCUT2D eigenvalue weighted by molar-refractivity contribution is -0.651. The van der Waals surface area contributed by atoms with Gasteiger partial charge in [0.25, 0.3) is 0 Å². The second kappa shape index (κ2) is 7.14. The Bertz CT molecular complexity index is 403. The van der Waals surface area contributed by atoms with Gasteiger partial charge in [-0.25, -0.2) is 0 Å². The Labute approximate surface area is 114 Å². The van der Waals surface area contributed by atoms with Crippen molar-refractivity contribution in [3.63, 3.8) is 0 Å². The van der Waals surface area contributed by atoms with Crippen LogP contribution in [0.1, 0.15) is 18.4 Å². The fraction of sp³-hybridized carbons (Fsp3) is 0.533. The summed E-state index contributed by atoms with van der Waals surface area (Å²) in [5, 5.41) is 2.21. The molecule has 0 aromatic heterocycles. The van der Waals surface area contributed by atoms with Crippen molar-refractivity contribution in [1.82, 2.24) is 4.90 Å². The maximum absolute atomic E-state index is 11.8. The molecule has 0 aliphatic carbocycles. The van der Waals surface area contributed by atoms with Gasteiger partial charge in [0.05, 0.1) is 32.7 Å². The first-order valence-corrected chi connectivity index (χ1v) is 7.04. The second-order valence-electron chi connectivity index (χ2n) is 5.01. The van der Waals surface area contributed by atoms with Gasteiger partial charge in [0, 0.05) is 6.54 Å². The van der Waals surface area contributed by atoms with Crippen molar-refractivity contribution in [2.45, 2.75) is 19.8 Å². The van der Waals surface area contributed by atoms with E-state index in [0.717, 1.165) is 38.3 Å². The Kier molecular flexibility index (Phi) is 5.21. The first kappa shape index (κ1) is 13.9. The average molecular weight is 263 g/mol. The molecule has 0 saturated carbocycles. The van der Waals surface area contributed by atoms with Gasteiger partial charge in [0.2, 0.25) is 5.91 Å². The molecular weight excluding hydrogens is 240 g/mol. The van der Waals surface area contributed by atoms with Crippen molar-refractivity contribution < 1.29 is 14.8 Å². The predicted molar refractivity (Wildman–Crippen MR) is 74.1 cm³/mol. The molecule has 2 rings (SSSR count). The van der Waals surface area contributed by atoms with Crippen LogP contribution >= 0.6 is 0 Å². The third-order valence-electron chi connectivity index (χ3n) is 3.38. The third kappa shape index (κ3) is 4.56. The fourth-order valence-electron chi connectivity index (χ4n) is 2.22. The summed E-state index contributed by atoms with van der Waals surface area (Å²) in [6.45, 7) is 6.34. The van der Waals surface area contributed by atoms with Gasteiger partial charge in [0.15, 0.2) is 0 Å². The number of nitrogens with two attached hydrogens (primary N) is 1. The van der Waals surface area contributed by atoms with Crippen molar-refractivity contribution >= 4 is 5.91 Å². The average Bonchev–Trinajstić information content (AvgIpc) is 2.62. The SMILES string of the molecule is Cc1ccc(OCCCN2CC[NH2+]CCC2=O)cc1. The molecule has 104 valence electrons. The van der Waals surface area contributed by atoms with E-state index in [1.807, 2.05) is 29.2 Å².